The lowest BCUT2D eigenvalue weighted by molar-refractivity contribution is 0.381. The Kier molecular flexibility index (Phi) is 7.70. The summed E-state index contributed by atoms with van der Waals surface area (Å²) in [7, 11) is 0. The third-order valence-corrected chi connectivity index (χ3v) is 4.31. The molecule has 134 valence electrons. The van der Waals surface area contributed by atoms with Gasteiger partial charge in [-0.2, -0.15) is 0 Å². The van der Waals surface area contributed by atoms with Gasteiger partial charge >= 0.3 is 0 Å². The molecule has 1 saturated heterocycles. The summed E-state index contributed by atoms with van der Waals surface area (Å²) in [6.07, 6.45) is 5.87. The van der Waals surface area contributed by atoms with Crippen LogP contribution in [0.1, 0.15) is 5.69 Å². The Morgan fingerprint density at radius 2 is 1.84 bits per heavy atom. The second kappa shape index (κ2) is 9.76. The number of aromatic nitrogens is 2. The van der Waals surface area contributed by atoms with Crippen LogP contribution in [0.25, 0.3) is 0 Å². The molecule has 1 aliphatic rings. The highest BCUT2D eigenvalue weighted by Crippen LogP contribution is 2.19. The molecule has 0 atom stereocenters. The Bertz CT molecular complexity index is 671. The third kappa shape index (κ3) is 5.71. The van der Waals surface area contributed by atoms with Crippen molar-refractivity contribution in [3.63, 3.8) is 0 Å². The molecule has 2 N–H and O–H groups in total. The summed E-state index contributed by atoms with van der Waals surface area (Å²) in [5.74, 6) is 0.606. The predicted molar refractivity (Wildman–Crippen MR) is 113 cm³/mol. The van der Waals surface area contributed by atoms with Crippen LogP contribution in [0.5, 0.6) is 0 Å². The summed E-state index contributed by atoms with van der Waals surface area (Å²) in [6.45, 7) is 4.19. The molecule has 0 unspecified atom stereocenters. The minimum Gasteiger partial charge on any atom is -0.370 e. The first-order valence-electron chi connectivity index (χ1n) is 8.02. The van der Waals surface area contributed by atoms with Crippen LogP contribution >= 0.6 is 35.6 Å². The van der Waals surface area contributed by atoms with E-state index >= 15 is 0 Å². The maximum atomic E-state index is 6.12. The van der Waals surface area contributed by atoms with E-state index in [2.05, 4.69) is 36.9 Å². The van der Waals surface area contributed by atoms with Gasteiger partial charge in [0.15, 0.2) is 5.96 Å². The number of hydrogen-bond acceptors (Lipinski definition) is 4. The van der Waals surface area contributed by atoms with Gasteiger partial charge in [-0.1, -0.05) is 11.6 Å². The Balaban J connectivity index is 0.00000225. The van der Waals surface area contributed by atoms with Crippen LogP contribution in [0.3, 0.4) is 0 Å². The molecule has 0 bridgehead atoms. The third-order valence-electron chi connectivity index (χ3n) is 4.05. The van der Waals surface area contributed by atoms with Crippen LogP contribution in [0.4, 0.5) is 5.69 Å². The van der Waals surface area contributed by atoms with Crippen LogP contribution in [-0.2, 0) is 6.42 Å². The fraction of sp³-hybridized carbons (Fsp3) is 0.353. The first-order valence-corrected chi connectivity index (χ1v) is 8.40. The monoisotopic (exact) mass is 472 g/mol. The van der Waals surface area contributed by atoms with Gasteiger partial charge in [0.1, 0.15) is 0 Å². The highest BCUT2D eigenvalue weighted by atomic mass is 127. The van der Waals surface area contributed by atoms with Gasteiger partial charge in [0, 0.05) is 68.4 Å². The highest BCUT2D eigenvalue weighted by Gasteiger charge is 2.18. The van der Waals surface area contributed by atoms with Crippen molar-refractivity contribution in [2.24, 2.45) is 10.7 Å². The molecule has 25 heavy (non-hydrogen) atoms. The summed E-state index contributed by atoms with van der Waals surface area (Å²) in [5.41, 5.74) is 8.24. The van der Waals surface area contributed by atoms with Crippen LogP contribution in [-0.4, -0.2) is 53.6 Å². The van der Waals surface area contributed by atoms with Gasteiger partial charge in [-0.25, -0.2) is 0 Å². The molecule has 6 nitrogen and oxygen atoms in total. The van der Waals surface area contributed by atoms with E-state index in [1.807, 2.05) is 12.1 Å². The van der Waals surface area contributed by atoms with Crippen molar-refractivity contribution in [1.29, 1.82) is 0 Å². The molecule has 3 rings (SSSR count). The van der Waals surface area contributed by atoms with E-state index in [1.54, 1.807) is 18.6 Å². The number of benzene rings is 1. The molecular weight excluding hydrogens is 451 g/mol. The lowest BCUT2D eigenvalue weighted by Crippen LogP contribution is -2.51. The highest BCUT2D eigenvalue weighted by molar-refractivity contribution is 14.0. The molecule has 2 heterocycles. The molecule has 0 aliphatic carbocycles. The van der Waals surface area contributed by atoms with E-state index in [4.69, 9.17) is 17.3 Å². The number of piperazine rings is 1. The summed E-state index contributed by atoms with van der Waals surface area (Å²) < 4.78 is 0. The number of nitrogens with two attached hydrogens (primary N) is 1. The fourth-order valence-corrected chi connectivity index (χ4v) is 2.82. The summed E-state index contributed by atoms with van der Waals surface area (Å²) in [5, 5.41) is 0.761. The fourth-order valence-electron chi connectivity index (χ4n) is 2.69. The Labute approximate surface area is 170 Å². The predicted octanol–water partition coefficient (Wildman–Crippen LogP) is 2.43. The summed E-state index contributed by atoms with van der Waals surface area (Å²) >= 11 is 5.94. The first-order chi connectivity index (χ1) is 11.7. The van der Waals surface area contributed by atoms with Gasteiger partial charge in [0.25, 0.3) is 0 Å². The molecule has 0 saturated carbocycles. The Morgan fingerprint density at radius 3 is 2.48 bits per heavy atom. The molecule has 1 aliphatic heterocycles. The summed E-state index contributed by atoms with van der Waals surface area (Å²) in [6, 6.07) is 7.95. The van der Waals surface area contributed by atoms with E-state index in [9.17, 15) is 0 Å². The number of aliphatic imine (C=N–C) groups is 1. The second-order valence-electron chi connectivity index (χ2n) is 5.64. The number of anilines is 1. The number of guanidine groups is 1. The SMILES string of the molecule is I.NC(=NCCc1cnccn1)N1CCN(c2ccc(Cl)cc2)CC1. The van der Waals surface area contributed by atoms with Crippen LogP contribution in [0.15, 0.2) is 47.8 Å². The van der Waals surface area contributed by atoms with E-state index in [0.717, 1.165) is 43.3 Å². The van der Waals surface area contributed by atoms with E-state index < -0.39 is 0 Å². The van der Waals surface area contributed by atoms with Crippen molar-refractivity contribution in [3.05, 3.63) is 53.6 Å². The molecular formula is C17H22ClIN6. The molecule has 2 aromatic rings. The average Bonchev–Trinajstić information content (AvgIpc) is 2.63. The molecule has 0 amide bonds. The molecule has 1 fully saturated rings. The first kappa shape index (κ1) is 19.7. The maximum absolute atomic E-state index is 6.12. The van der Waals surface area contributed by atoms with Crippen molar-refractivity contribution < 1.29 is 0 Å². The topological polar surface area (TPSA) is 70.6 Å². The molecule has 0 radical (unpaired) electrons. The number of rotatable bonds is 4. The maximum Gasteiger partial charge on any atom is 0.191 e. The van der Waals surface area contributed by atoms with E-state index in [-0.39, 0.29) is 24.0 Å². The summed E-state index contributed by atoms with van der Waals surface area (Å²) in [4.78, 5) is 17.2. The van der Waals surface area contributed by atoms with Gasteiger partial charge in [-0.05, 0) is 24.3 Å². The van der Waals surface area contributed by atoms with Crippen molar-refractivity contribution in [1.82, 2.24) is 14.9 Å². The zero-order chi connectivity index (χ0) is 16.8. The average molecular weight is 473 g/mol. The lowest BCUT2D eigenvalue weighted by Gasteiger charge is -2.36. The molecule has 1 aromatic heterocycles. The molecule has 8 heteroatoms. The number of nitrogens with zero attached hydrogens (tertiary/aromatic N) is 5. The minimum atomic E-state index is 0. The molecule has 0 spiro atoms. The van der Waals surface area contributed by atoms with Crippen molar-refractivity contribution >= 4 is 47.2 Å². The van der Waals surface area contributed by atoms with Gasteiger partial charge < -0.3 is 15.5 Å². The van der Waals surface area contributed by atoms with Crippen molar-refractivity contribution in [3.8, 4) is 0 Å². The minimum absolute atomic E-state index is 0. The van der Waals surface area contributed by atoms with Crippen molar-refractivity contribution in [2.45, 2.75) is 6.42 Å². The quantitative estimate of drug-likeness (QED) is 0.420. The number of hydrogen-bond donors (Lipinski definition) is 1. The zero-order valence-electron chi connectivity index (χ0n) is 13.9. The van der Waals surface area contributed by atoms with E-state index in [0.29, 0.717) is 12.5 Å². The van der Waals surface area contributed by atoms with Gasteiger partial charge in [-0.15, -0.1) is 24.0 Å². The van der Waals surface area contributed by atoms with Gasteiger partial charge in [-0.3, -0.25) is 15.0 Å². The van der Waals surface area contributed by atoms with E-state index in [1.165, 1.54) is 5.69 Å². The number of halogens is 2. The van der Waals surface area contributed by atoms with Crippen molar-refractivity contribution in [2.75, 3.05) is 37.6 Å². The normalized spacial score (nSPS) is 15.0. The lowest BCUT2D eigenvalue weighted by atomic mass is 10.2. The van der Waals surface area contributed by atoms with Crippen LogP contribution in [0, 0.1) is 0 Å². The molecule has 1 aromatic carbocycles. The van der Waals surface area contributed by atoms with Crippen LogP contribution < -0.4 is 10.6 Å². The second-order valence-corrected chi connectivity index (χ2v) is 6.07. The van der Waals surface area contributed by atoms with Gasteiger partial charge in [0.05, 0.1) is 5.69 Å². The standard InChI is InChI=1S/C17H21ClN6.HI/c18-14-1-3-16(4-2-14)23-9-11-24(12-10-23)17(19)22-6-5-15-13-20-7-8-21-15;/h1-4,7-8,13H,5-6,9-12H2,(H2,19,22);1H. The zero-order valence-corrected chi connectivity index (χ0v) is 17.0. The van der Waals surface area contributed by atoms with Crippen LogP contribution in [0.2, 0.25) is 5.02 Å². The largest absolute Gasteiger partial charge is 0.370 e. The Morgan fingerprint density at radius 1 is 1.12 bits per heavy atom. The Hall–Kier alpha value is -1.61. The smallest absolute Gasteiger partial charge is 0.191 e. The van der Waals surface area contributed by atoms with Gasteiger partial charge in [0.2, 0.25) is 0 Å².